The van der Waals surface area contributed by atoms with Crippen LogP contribution in [0.15, 0.2) is 76.7 Å². The van der Waals surface area contributed by atoms with Crippen LogP contribution < -0.4 is 10.9 Å². The number of thioether (sulfide) groups is 1. The van der Waals surface area contributed by atoms with Gasteiger partial charge in [-0.05, 0) is 50.6 Å². The molecule has 0 aliphatic carbocycles. The molecule has 1 atom stereocenters. The van der Waals surface area contributed by atoms with Crippen molar-refractivity contribution in [1.82, 2.24) is 9.55 Å². The summed E-state index contributed by atoms with van der Waals surface area (Å²) in [6, 6.07) is 18.8. The summed E-state index contributed by atoms with van der Waals surface area (Å²) in [5, 5.41) is 14.1. The molecule has 1 aromatic heterocycles. The molecule has 0 aliphatic rings. The highest BCUT2D eigenvalue weighted by atomic mass is 32.2. The molecular formula is C25H22N4O4S. The number of nitro groups is 1. The summed E-state index contributed by atoms with van der Waals surface area (Å²) < 4.78 is 1.52. The summed E-state index contributed by atoms with van der Waals surface area (Å²) in [5.74, 6) is -0.436. The highest BCUT2D eigenvalue weighted by Gasteiger charge is 2.23. The number of carbonyl (C=O) groups is 1. The molecule has 0 saturated carbocycles. The minimum Gasteiger partial charge on any atom is -0.319 e. The Balaban J connectivity index is 1.75. The van der Waals surface area contributed by atoms with Crippen LogP contribution >= 0.6 is 11.8 Å². The first-order chi connectivity index (χ1) is 16.3. The normalized spacial score (nSPS) is 11.9. The van der Waals surface area contributed by atoms with Gasteiger partial charge < -0.3 is 5.32 Å². The number of fused-ring (bicyclic) bond motifs is 1. The summed E-state index contributed by atoms with van der Waals surface area (Å²) in [6.45, 7) is 5.56. The van der Waals surface area contributed by atoms with E-state index in [1.807, 2.05) is 32.0 Å². The quantitative estimate of drug-likeness (QED) is 0.182. The third-order valence-corrected chi connectivity index (χ3v) is 6.40. The molecular weight excluding hydrogens is 452 g/mol. The van der Waals surface area contributed by atoms with Gasteiger partial charge in [0.1, 0.15) is 5.69 Å². The van der Waals surface area contributed by atoms with Crippen molar-refractivity contribution in [2.45, 2.75) is 31.2 Å². The van der Waals surface area contributed by atoms with Crippen LogP contribution in [0.2, 0.25) is 0 Å². The van der Waals surface area contributed by atoms with Crippen LogP contribution in [0, 0.1) is 24.0 Å². The second kappa shape index (κ2) is 9.48. The van der Waals surface area contributed by atoms with Crippen LogP contribution in [0.5, 0.6) is 0 Å². The van der Waals surface area contributed by atoms with Crippen molar-refractivity contribution >= 4 is 39.9 Å². The van der Waals surface area contributed by atoms with Crippen molar-refractivity contribution in [2.75, 3.05) is 5.32 Å². The Hall–Kier alpha value is -3.98. The van der Waals surface area contributed by atoms with Gasteiger partial charge in [0.05, 0.1) is 26.8 Å². The lowest BCUT2D eigenvalue weighted by atomic mass is 10.1. The fraction of sp³-hybridized carbons (Fsp3) is 0.160. The van der Waals surface area contributed by atoms with Crippen molar-refractivity contribution in [2.24, 2.45) is 0 Å². The Morgan fingerprint density at radius 3 is 2.53 bits per heavy atom. The van der Waals surface area contributed by atoms with E-state index < -0.39 is 16.1 Å². The maximum absolute atomic E-state index is 13.5. The van der Waals surface area contributed by atoms with Gasteiger partial charge in [0.25, 0.3) is 11.2 Å². The van der Waals surface area contributed by atoms with E-state index in [2.05, 4.69) is 10.3 Å². The third-order valence-electron chi connectivity index (χ3n) is 5.35. The molecule has 3 aromatic carbocycles. The SMILES string of the molecule is Cc1ccc(-n2c(SC(C)C(=O)Nc3ccccc3[N+](=O)[O-])nc3ccccc3c2=O)c(C)c1. The first-order valence-electron chi connectivity index (χ1n) is 10.6. The zero-order valence-corrected chi connectivity index (χ0v) is 19.6. The summed E-state index contributed by atoms with van der Waals surface area (Å²) in [6.07, 6.45) is 0. The second-order valence-corrected chi connectivity index (χ2v) is 9.17. The molecule has 1 N–H and O–H groups in total. The topological polar surface area (TPSA) is 107 Å². The van der Waals surface area contributed by atoms with E-state index in [-0.39, 0.29) is 16.9 Å². The van der Waals surface area contributed by atoms with E-state index in [0.717, 1.165) is 22.9 Å². The zero-order valence-electron chi connectivity index (χ0n) is 18.8. The Labute approximate surface area is 199 Å². The maximum Gasteiger partial charge on any atom is 0.292 e. The minimum atomic E-state index is -0.690. The Morgan fingerprint density at radius 1 is 1.09 bits per heavy atom. The maximum atomic E-state index is 13.5. The summed E-state index contributed by atoms with van der Waals surface area (Å²) in [7, 11) is 0. The molecule has 4 aromatic rings. The van der Waals surface area contributed by atoms with Crippen LogP contribution in [0.3, 0.4) is 0 Å². The zero-order chi connectivity index (χ0) is 24.4. The second-order valence-electron chi connectivity index (χ2n) is 7.87. The Bertz CT molecular complexity index is 1480. The number of nitrogens with one attached hydrogen (secondary N) is 1. The number of rotatable bonds is 6. The Kier molecular flexibility index (Phi) is 6.47. The summed E-state index contributed by atoms with van der Waals surface area (Å²) in [5.41, 5.74) is 2.87. The van der Waals surface area contributed by atoms with Gasteiger partial charge in [0.15, 0.2) is 5.16 Å². The van der Waals surface area contributed by atoms with Crippen molar-refractivity contribution in [1.29, 1.82) is 0 Å². The van der Waals surface area contributed by atoms with Gasteiger partial charge in [0, 0.05) is 6.07 Å². The fourth-order valence-corrected chi connectivity index (χ4v) is 4.56. The molecule has 9 heteroatoms. The average Bonchev–Trinajstić information content (AvgIpc) is 2.80. The van der Waals surface area contributed by atoms with Crippen LogP contribution in [0.1, 0.15) is 18.1 Å². The smallest absolute Gasteiger partial charge is 0.292 e. The average molecular weight is 475 g/mol. The van der Waals surface area contributed by atoms with Crippen molar-refractivity contribution in [3.63, 3.8) is 0 Å². The predicted octanol–water partition coefficient (Wildman–Crippen LogP) is 5.03. The number of nitro benzene ring substituents is 1. The first-order valence-corrected chi connectivity index (χ1v) is 11.4. The number of carbonyl (C=O) groups excluding carboxylic acids is 1. The number of nitrogens with zero attached hydrogens (tertiary/aromatic N) is 3. The van der Waals surface area contributed by atoms with Gasteiger partial charge in [-0.2, -0.15) is 0 Å². The predicted molar refractivity (Wildman–Crippen MR) is 134 cm³/mol. The van der Waals surface area contributed by atoms with Crippen LogP contribution in [0.25, 0.3) is 16.6 Å². The number of aromatic nitrogens is 2. The number of aryl methyl sites for hydroxylation is 2. The molecule has 8 nitrogen and oxygen atoms in total. The number of benzene rings is 3. The van der Waals surface area contributed by atoms with Crippen LogP contribution in [0.4, 0.5) is 11.4 Å². The molecule has 34 heavy (non-hydrogen) atoms. The number of anilines is 1. The van der Waals surface area contributed by atoms with E-state index in [1.165, 1.54) is 22.8 Å². The van der Waals surface area contributed by atoms with Gasteiger partial charge >= 0.3 is 0 Å². The van der Waals surface area contributed by atoms with Crippen molar-refractivity contribution in [3.8, 4) is 5.69 Å². The van der Waals surface area contributed by atoms with Gasteiger partial charge in [-0.15, -0.1) is 0 Å². The van der Waals surface area contributed by atoms with E-state index in [1.54, 1.807) is 37.3 Å². The molecule has 0 fully saturated rings. The first kappa shape index (κ1) is 23.2. The molecule has 172 valence electrons. The number of hydrogen-bond acceptors (Lipinski definition) is 6. The molecule has 0 saturated heterocycles. The molecule has 0 bridgehead atoms. The molecule has 1 amide bonds. The molecule has 1 heterocycles. The molecule has 0 radical (unpaired) electrons. The fourth-order valence-electron chi connectivity index (χ4n) is 3.64. The Morgan fingerprint density at radius 2 is 1.79 bits per heavy atom. The van der Waals surface area contributed by atoms with E-state index >= 15 is 0 Å². The monoisotopic (exact) mass is 474 g/mol. The lowest BCUT2D eigenvalue weighted by Crippen LogP contribution is -2.26. The van der Waals surface area contributed by atoms with Gasteiger partial charge in [-0.25, -0.2) is 4.98 Å². The number of amides is 1. The van der Waals surface area contributed by atoms with Crippen LogP contribution in [-0.4, -0.2) is 25.6 Å². The largest absolute Gasteiger partial charge is 0.319 e. The minimum absolute atomic E-state index is 0.114. The summed E-state index contributed by atoms with van der Waals surface area (Å²) >= 11 is 1.12. The highest BCUT2D eigenvalue weighted by molar-refractivity contribution is 8.00. The molecule has 0 spiro atoms. The standard InChI is InChI=1S/C25H22N4O4S/c1-15-12-13-21(16(2)14-15)28-24(31)18-8-4-5-9-19(18)27-25(28)34-17(3)23(30)26-20-10-6-7-11-22(20)29(32)33/h4-14,17H,1-3H3,(H,26,30). The molecule has 0 aliphatic heterocycles. The van der Waals surface area contributed by atoms with E-state index in [0.29, 0.717) is 21.7 Å². The van der Waals surface area contributed by atoms with E-state index in [9.17, 15) is 19.7 Å². The summed E-state index contributed by atoms with van der Waals surface area (Å²) in [4.78, 5) is 41.8. The van der Waals surface area contributed by atoms with Crippen molar-refractivity contribution < 1.29 is 9.72 Å². The van der Waals surface area contributed by atoms with Crippen molar-refractivity contribution in [3.05, 3.63) is 98.3 Å². The van der Waals surface area contributed by atoms with Crippen LogP contribution in [-0.2, 0) is 4.79 Å². The highest BCUT2D eigenvalue weighted by Crippen LogP contribution is 2.29. The molecule has 4 rings (SSSR count). The number of para-hydroxylation sites is 3. The van der Waals surface area contributed by atoms with Gasteiger partial charge in [-0.3, -0.25) is 24.3 Å². The number of hydrogen-bond donors (Lipinski definition) is 1. The third kappa shape index (κ3) is 4.55. The lowest BCUT2D eigenvalue weighted by Gasteiger charge is -2.18. The van der Waals surface area contributed by atoms with E-state index in [4.69, 9.17) is 0 Å². The van der Waals surface area contributed by atoms with Gasteiger partial charge in [0.2, 0.25) is 5.91 Å². The molecule has 1 unspecified atom stereocenters. The van der Waals surface area contributed by atoms with Gasteiger partial charge in [-0.1, -0.05) is 53.7 Å². The lowest BCUT2D eigenvalue weighted by molar-refractivity contribution is -0.383.